The highest BCUT2D eigenvalue weighted by Crippen LogP contribution is 2.37. The molecule has 0 spiro atoms. The fraction of sp³-hybridized carbons (Fsp3) is 0.360. The Morgan fingerprint density at radius 1 is 0.921 bits per heavy atom. The van der Waals surface area contributed by atoms with Gasteiger partial charge in [0.05, 0.1) is 51.7 Å². The van der Waals surface area contributed by atoms with Crippen LogP contribution in [0.15, 0.2) is 34.3 Å². The van der Waals surface area contributed by atoms with Crippen molar-refractivity contribution < 1.29 is 14.3 Å². The Balaban J connectivity index is 0.000000654. The molecule has 9 nitrogen and oxygen atoms in total. The van der Waals surface area contributed by atoms with Crippen LogP contribution in [-0.4, -0.2) is 53.8 Å². The molecule has 1 saturated heterocycles. The number of nitrogens with zero attached hydrogens (tertiary/aromatic N) is 4. The van der Waals surface area contributed by atoms with Gasteiger partial charge in [0, 0.05) is 11.1 Å². The molecule has 3 heterocycles. The third-order valence-corrected chi connectivity index (χ3v) is 6.95. The van der Waals surface area contributed by atoms with Crippen molar-refractivity contribution in [1.29, 1.82) is 0 Å². The molecular formula is C25H34Cl4N6O3. The molecule has 0 aliphatic carbocycles. The van der Waals surface area contributed by atoms with E-state index in [9.17, 15) is 9.59 Å². The minimum Gasteiger partial charge on any atom is -0.468 e. The molecule has 0 unspecified atom stereocenters. The minimum absolute atomic E-state index is 0. The molecule has 38 heavy (non-hydrogen) atoms. The Morgan fingerprint density at radius 2 is 1.45 bits per heavy atom. The third kappa shape index (κ3) is 7.22. The summed E-state index contributed by atoms with van der Waals surface area (Å²) in [4.78, 5) is 34.4. The van der Waals surface area contributed by atoms with Crippen LogP contribution in [-0.2, 0) is 27.4 Å². The monoisotopic (exact) mass is 606 g/mol. The van der Waals surface area contributed by atoms with Crippen LogP contribution in [0.2, 0.25) is 20.1 Å². The van der Waals surface area contributed by atoms with Crippen LogP contribution in [0.4, 0.5) is 11.4 Å². The molecule has 0 saturated carbocycles. The van der Waals surface area contributed by atoms with E-state index in [0.717, 1.165) is 16.8 Å². The van der Waals surface area contributed by atoms with E-state index in [4.69, 9.17) is 52.1 Å². The molecule has 210 valence electrons. The van der Waals surface area contributed by atoms with Crippen molar-refractivity contribution in [2.24, 2.45) is 15.7 Å². The summed E-state index contributed by atoms with van der Waals surface area (Å²) in [6, 6.07) is 6.92. The molecule has 3 aliphatic rings. The second-order valence-electron chi connectivity index (χ2n) is 7.46. The lowest BCUT2D eigenvalue weighted by atomic mass is 10.1. The van der Waals surface area contributed by atoms with Crippen molar-refractivity contribution >= 4 is 81.6 Å². The number of carbonyl (C=O) groups excluding carboxylic acids is 2. The van der Waals surface area contributed by atoms with Gasteiger partial charge in [-0.2, -0.15) is 0 Å². The van der Waals surface area contributed by atoms with E-state index in [2.05, 4.69) is 20.0 Å². The summed E-state index contributed by atoms with van der Waals surface area (Å²) in [5.74, 6) is 0.408. The Kier molecular flexibility index (Phi) is 13.4. The lowest BCUT2D eigenvalue weighted by Gasteiger charge is -2.27. The van der Waals surface area contributed by atoms with Gasteiger partial charge in [0.2, 0.25) is 11.9 Å². The van der Waals surface area contributed by atoms with E-state index in [-0.39, 0.29) is 48.1 Å². The molecule has 0 radical (unpaired) electrons. The molecule has 3 N–H and O–H groups in total. The average Bonchev–Trinajstić information content (AvgIpc) is 3.18. The van der Waals surface area contributed by atoms with Gasteiger partial charge < -0.3 is 20.3 Å². The zero-order valence-electron chi connectivity index (χ0n) is 17.7. The number of fused-ring (bicyclic) bond motifs is 3. The van der Waals surface area contributed by atoms with E-state index in [1.54, 1.807) is 29.2 Å². The summed E-state index contributed by atoms with van der Waals surface area (Å²) in [5, 5.41) is 4.60. The number of benzene rings is 2. The van der Waals surface area contributed by atoms with Crippen molar-refractivity contribution in [2.45, 2.75) is 42.8 Å². The van der Waals surface area contributed by atoms with Gasteiger partial charge in [-0.05, 0) is 24.3 Å². The SMILES string of the molecule is C.C.C.C.COC(=O)CN1Cc2c(ccc(Cl)c2Cl)N=C1N.O=C1CN2Cc3c(ccc(Cl)c3Cl)N=C2N1. The number of guanidine groups is 2. The molecule has 2 aromatic rings. The summed E-state index contributed by atoms with van der Waals surface area (Å²) in [6.07, 6.45) is 0. The van der Waals surface area contributed by atoms with Crippen LogP contribution in [0.25, 0.3) is 0 Å². The van der Waals surface area contributed by atoms with Gasteiger partial charge in [-0.1, -0.05) is 76.1 Å². The van der Waals surface area contributed by atoms with E-state index in [1.165, 1.54) is 7.11 Å². The maximum Gasteiger partial charge on any atom is 0.325 e. The second-order valence-corrected chi connectivity index (χ2v) is 9.03. The number of methoxy groups -OCH3 is 1. The number of carbonyl (C=O) groups is 2. The highest BCUT2D eigenvalue weighted by atomic mass is 35.5. The standard InChI is InChI=1S/C11H11Cl2N3O2.C10H7Cl2N3O.4CH4/c1-18-9(17)5-16-4-6-8(15-11(16)14)3-2-7(12)10(6)13;11-6-1-2-7-5(9(6)12)3-15-4-8(16)14-10(15)13-7;;;;/h2-3H,4-5H2,1H3,(H2,14,15);1-2H,3-4H2,(H,13,14,16);4*1H4. The number of hydrogen-bond donors (Lipinski definition) is 2. The van der Waals surface area contributed by atoms with Gasteiger partial charge in [0.1, 0.15) is 13.1 Å². The molecule has 5 rings (SSSR count). The quantitative estimate of drug-likeness (QED) is 0.382. The van der Waals surface area contributed by atoms with Crippen molar-refractivity contribution in [1.82, 2.24) is 15.1 Å². The Bertz CT molecular complexity index is 1250. The van der Waals surface area contributed by atoms with E-state index in [1.807, 2.05) is 4.90 Å². The number of halogens is 4. The van der Waals surface area contributed by atoms with Crippen molar-refractivity contribution in [3.05, 3.63) is 55.5 Å². The number of esters is 1. The Hall–Kier alpha value is -2.72. The lowest BCUT2D eigenvalue weighted by molar-refractivity contribution is -0.141. The van der Waals surface area contributed by atoms with Crippen LogP contribution in [0.1, 0.15) is 40.8 Å². The number of aliphatic imine (C=N–C) groups is 2. The van der Waals surface area contributed by atoms with Crippen LogP contribution >= 0.6 is 46.4 Å². The number of nitrogens with two attached hydrogens (primary N) is 1. The normalized spacial score (nSPS) is 14.1. The first kappa shape index (κ1) is 35.3. The molecule has 0 aromatic heterocycles. The van der Waals surface area contributed by atoms with E-state index < -0.39 is 5.97 Å². The zero-order chi connectivity index (χ0) is 24.6. The van der Waals surface area contributed by atoms with E-state index in [0.29, 0.717) is 51.4 Å². The summed E-state index contributed by atoms with van der Waals surface area (Å²) in [7, 11) is 1.32. The third-order valence-electron chi connectivity index (χ3n) is 5.26. The predicted molar refractivity (Wildman–Crippen MR) is 159 cm³/mol. The highest BCUT2D eigenvalue weighted by molar-refractivity contribution is 6.43. The fourth-order valence-corrected chi connectivity index (χ4v) is 4.32. The topological polar surface area (TPSA) is 113 Å². The number of nitrogens with one attached hydrogen (secondary N) is 1. The van der Waals surface area contributed by atoms with Gasteiger partial charge in [-0.25, -0.2) is 9.98 Å². The first-order valence-electron chi connectivity index (χ1n) is 9.91. The smallest absolute Gasteiger partial charge is 0.325 e. The average molecular weight is 608 g/mol. The number of amides is 1. The van der Waals surface area contributed by atoms with Gasteiger partial charge in [-0.15, -0.1) is 0 Å². The maximum atomic E-state index is 11.3. The first-order valence-corrected chi connectivity index (χ1v) is 11.4. The van der Waals surface area contributed by atoms with Crippen LogP contribution in [0.3, 0.4) is 0 Å². The summed E-state index contributed by atoms with van der Waals surface area (Å²) >= 11 is 24.1. The van der Waals surface area contributed by atoms with Crippen molar-refractivity contribution in [3.8, 4) is 0 Å². The summed E-state index contributed by atoms with van der Waals surface area (Å²) in [5.41, 5.74) is 8.83. The fourth-order valence-electron chi connectivity index (χ4n) is 3.52. The molecule has 1 amide bonds. The molecule has 13 heteroatoms. The summed E-state index contributed by atoms with van der Waals surface area (Å²) < 4.78 is 4.59. The number of rotatable bonds is 2. The van der Waals surface area contributed by atoms with Crippen LogP contribution in [0.5, 0.6) is 0 Å². The highest BCUT2D eigenvalue weighted by Gasteiger charge is 2.30. The molecule has 3 aliphatic heterocycles. The zero-order valence-corrected chi connectivity index (χ0v) is 20.8. The summed E-state index contributed by atoms with van der Waals surface area (Å²) in [6.45, 7) is 1.28. The van der Waals surface area contributed by atoms with Crippen molar-refractivity contribution in [3.63, 3.8) is 0 Å². The minimum atomic E-state index is -0.394. The van der Waals surface area contributed by atoms with Gasteiger partial charge in [0.25, 0.3) is 0 Å². The van der Waals surface area contributed by atoms with E-state index >= 15 is 0 Å². The van der Waals surface area contributed by atoms with Crippen LogP contribution in [0, 0.1) is 0 Å². The molecule has 0 atom stereocenters. The molecule has 2 aromatic carbocycles. The predicted octanol–water partition coefficient (Wildman–Crippen LogP) is 6.40. The maximum absolute atomic E-state index is 11.3. The van der Waals surface area contributed by atoms with Crippen LogP contribution < -0.4 is 11.1 Å². The first-order chi connectivity index (χ1) is 16.2. The van der Waals surface area contributed by atoms with Gasteiger partial charge in [-0.3, -0.25) is 14.9 Å². The second kappa shape index (κ2) is 14.4. The number of hydrogen-bond acceptors (Lipinski definition) is 8. The number of ether oxygens (including phenoxy) is 1. The Morgan fingerprint density at radius 3 is 2.00 bits per heavy atom. The Labute approximate surface area is 244 Å². The molecule has 1 fully saturated rings. The van der Waals surface area contributed by atoms with Crippen molar-refractivity contribution in [2.75, 3.05) is 20.2 Å². The van der Waals surface area contributed by atoms with Gasteiger partial charge >= 0.3 is 5.97 Å². The largest absolute Gasteiger partial charge is 0.468 e. The molecular weight excluding hydrogens is 574 g/mol. The van der Waals surface area contributed by atoms with Gasteiger partial charge in [0.15, 0.2) is 5.96 Å². The molecule has 0 bridgehead atoms. The lowest BCUT2D eigenvalue weighted by Crippen LogP contribution is -2.42.